The van der Waals surface area contributed by atoms with Crippen molar-refractivity contribution in [1.82, 2.24) is 10.7 Å². The van der Waals surface area contributed by atoms with Crippen LogP contribution in [0.5, 0.6) is 11.5 Å². The van der Waals surface area contributed by atoms with E-state index < -0.39 is 11.8 Å². The average Bonchev–Trinajstić information content (AvgIpc) is 3.08. The highest BCUT2D eigenvalue weighted by Gasteiger charge is 2.40. The number of aromatic hydroxyl groups is 1. The van der Waals surface area contributed by atoms with Gasteiger partial charge < -0.3 is 15.2 Å². The Hall–Kier alpha value is -2.62. The normalized spacial score (nSPS) is 18.9. The van der Waals surface area contributed by atoms with Gasteiger partial charge in [0.1, 0.15) is 5.92 Å². The molecule has 3 N–H and O–H groups in total. The van der Waals surface area contributed by atoms with E-state index in [1.54, 1.807) is 12.1 Å². The fourth-order valence-corrected chi connectivity index (χ4v) is 3.73. The summed E-state index contributed by atoms with van der Waals surface area (Å²) in [5.74, 6) is -1.42. The molecule has 0 bridgehead atoms. The predicted molar refractivity (Wildman–Crippen MR) is 113 cm³/mol. The van der Waals surface area contributed by atoms with Crippen LogP contribution in [-0.2, 0) is 9.59 Å². The standard InChI is InChI=1S/C20H20IN3O4/c1-2-28-16-9-12(8-15(21)18(16)25)10-23-24-20(27)17-14(11-22-19(17)26)13-6-4-3-5-7-13/h3-10,14,17,25H,2,11H2,1H3,(H,22,26)(H,24,27)/b23-10+/t14-,17-/m1/s1. The molecule has 8 heteroatoms. The Bertz CT molecular complexity index is 902. The van der Waals surface area contributed by atoms with Crippen molar-refractivity contribution in [3.05, 3.63) is 57.2 Å². The lowest BCUT2D eigenvalue weighted by Crippen LogP contribution is -2.34. The summed E-state index contributed by atoms with van der Waals surface area (Å²) in [6.07, 6.45) is 1.45. The molecule has 0 saturated carbocycles. The number of phenolic OH excluding ortho intramolecular Hbond substituents is 1. The van der Waals surface area contributed by atoms with Gasteiger partial charge in [-0.2, -0.15) is 5.10 Å². The lowest BCUT2D eigenvalue weighted by Gasteiger charge is -2.15. The minimum absolute atomic E-state index is 0.0666. The van der Waals surface area contributed by atoms with Gasteiger partial charge in [0.15, 0.2) is 11.5 Å². The van der Waals surface area contributed by atoms with Crippen molar-refractivity contribution in [2.24, 2.45) is 11.0 Å². The number of hydrogen-bond donors (Lipinski definition) is 3. The number of carbonyl (C=O) groups excluding carboxylic acids is 2. The number of rotatable bonds is 6. The fraction of sp³-hybridized carbons (Fsp3) is 0.250. The van der Waals surface area contributed by atoms with E-state index in [9.17, 15) is 14.7 Å². The highest BCUT2D eigenvalue weighted by Crippen LogP contribution is 2.32. The van der Waals surface area contributed by atoms with Gasteiger partial charge in [-0.1, -0.05) is 30.3 Å². The van der Waals surface area contributed by atoms with E-state index in [0.29, 0.717) is 28.0 Å². The van der Waals surface area contributed by atoms with Gasteiger partial charge in [0, 0.05) is 12.5 Å². The van der Waals surface area contributed by atoms with Gasteiger partial charge in [0.25, 0.3) is 5.91 Å². The van der Waals surface area contributed by atoms with Crippen molar-refractivity contribution in [1.29, 1.82) is 0 Å². The predicted octanol–water partition coefficient (Wildman–Crippen LogP) is 2.38. The first-order valence-electron chi connectivity index (χ1n) is 8.82. The van der Waals surface area contributed by atoms with E-state index >= 15 is 0 Å². The Kier molecular flexibility index (Phi) is 6.50. The molecular formula is C20H20IN3O4. The van der Waals surface area contributed by atoms with Gasteiger partial charge in [-0.05, 0) is 52.8 Å². The van der Waals surface area contributed by atoms with Crippen molar-refractivity contribution in [2.45, 2.75) is 12.8 Å². The van der Waals surface area contributed by atoms with E-state index in [-0.39, 0.29) is 17.6 Å². The zero-order valence-corrected chi connectivity index (χ0v) is 17.3. The van der Waals surface area contributed by atoms with Gasteiger partial charge in [-0.3, -0.25) is 9.59 Å². The second-order valence-electron chi connectivity index (χ2n) is 6.26. The molecule has 1 aliphatic heterocycles. The lowest BCUT2D eigenvalue weighted by atomic mass is 9.88. The summed E-state index contributed by atoms with van der Waals surface area (Å²) in [5, 5.41) is 16.7. The van der Waals surface area contributed by atoms with Crippen LogP contribution in [0.3, 0.4) is 0 Å². The fourth-order valence-electron chi connectivity index (χ4n) is 3.11. The van der Waals surface area contributed by atoms with Crippen molar-refractivity contribution in [3.63, 3.8) is 0 Å². The molecule has 1 heterocycles. The van der Waals surface area contributed by atoms with Crippen molar-refractivity contribution in [2.75, 3.05) is 13.2 Å². The molecule has 1 fully saturated rings. The molecule has 28 heavy (non-hydrogen) atoms. The number of phenols is 1. The number of ether oxygens (including phenoxy) is 1. The summed E-state index contributed by atoms with van der Waals surface area (Å²) in [7, 11) is 0. The SMILES string of the molecule is CCOc1cc(/C=N/NC(=O)[C@H]2C(=O)NC[C@@H]2c2ccccc2)cc(I)c1O. The van der Waals surface area contributed by atoms with Gasteiger partial charge in [-0.25, -0.2) is 5.43 Å². The third kappa shape index (κ3) is 4.44. The molecule has 3 rings (SSSR count). The Morgan fingerprint density at radius 3 is 2.86 bits per heavy atom. The van der Waals surface area contributed by atoms with Crippen LogP contribution < -0.4 is 15.5 Å². The Morgan fingerprint density at radius 2 is 2.14 bits per heavy atom. The zero-order chi connectivity index (χ0) is 20.1. The number of benzene rings is 2. The highest BCUT2D eigenvalue weighted by molar-refractivity contribution is 14.1. The number of hydrazone groups is 1. The van der Waals surface area contributed by atoms with E-state index in [1.807, 2.05) is 59.8 Å². The van der Waals surface area contributed by atoms with Crippen LogP contribution >= 0.6 is 22.6 Å². The van der Waals surface area contributed by atoms with Crippen LogP contribution in [-0.4, -0.2) is 36.3 Å². The van der Waals surface area contributed by atoms with Crippen LogP contribution in [0.2, 0.25) is 0 Å². The first-order valence-corrected chi connectivity index (χ1v) is 9.90. The van der Waals surface area contributed by atoms with Crippen LogP contribution in [0, 0.1) is 9.49 Å². The molecule has 7 nitrogen and oxygen atoms in total. The second-order valence-corrected chi connectivity index (χ2v) is 7.42. The number of nitrogens with one attached hydrogen (secondary N) is 2. The summed E-state index contributed by atoms with van der Waals surface area (Å²) in [6, 6.07) is 12.8. The quantitative estimate of drug-likeness (QED) is 0.249. The largest absolute Gasteiger partial charge is 0.504 e. The average molecular weight is 493 g/mol. The van der Waals surface area contributed by atoms with Gasteiger partial charge in [0.2, 0.25) is 5.91 Å². The van der Waals surface area contributed by atoms with E-state index in [1.165, 1.54) is 6.21 Å². The van der Waals surface area contributed by atoms with Crippen LogP contribution in [0.1, 0.15) is 24.0 Å². The van der Waals surface area contributed by atoms with E-state index in [4.69, 9.17) is 4.74 Å². The number of carbonyl (C=O) groups is 2. The Labute approximate surface area is 176 Å². The molecule has 2 aromatic carbocycles. The number of amides is 2. The van der Waals surface area contributed by atoms with Crippen molar-refractivity contribution >= 4 is 40.6 Å². The third-order valence-corrected chi connectivity index (χ3v) is 5.25. The summed E-state index contributed by atoms with van der Waals surface area (Å²) in [4.78, 5) is 24.7. The van der Waals surface area contributed by atoms with Gasteiger partial charge in [0.05, 0.1) is 16.4 Å². The zero-order valence-electron chi connectivity index (χ0n) is 15.2. The second kappa shape index (κ2) is 9.05. The molecule has 1 aliphatic rings. The topological polar surface area (TPSA) is 100 Å². The lowest BCUT2D eigenvalue weighted by molar-refractivity contribution is -0.133. The van der Waals surface area contributed by atoms with Crippen molar-refractivity contribution in [3.8, 4) is 11.5 Å². The highest BCUT2D eigenvalue weighted by atomic mass is 127. The Morgan fingerprint density at radius 1 is 1.39 bits per heavy atom. The summed E-state index contributed by atoms with van der Waals surface area (Å²) in [6.45, 7) is 2.65. The first kappa shape index (κ1) is 20.1. The molecule has 0 aromatic heterocycles. The number of halogens is 1. The number of hydrogen-bond acceptors (Lipinski definition) is 5. The van der Waals surface area contributed by atoms with E-state index in [0.717, 1.165) is 5.56 Å². The minimum atomic E-state index is -0.835. The molecule has 2 atom stereocenters. The van der Waals surface area contributed by atoms with Gasteiger partial charge in [-0.15, -0.1) is 0 Å². The smallest absolute Gasteiger partial charge is 0.253 e. The van der Waals surface area contributed by atoms with Crippen LogP contribution in [0.4, 0.5) is 0 Å². The maximum Gasteiger partial charge on any atom is 0.253 e. The molecule has 2 amide bonds. The molecule has 2 aromatic rings. The van der Waals surface area contributed by atoms with Crippen molar-refractivity contribution < 1.29 is 19.4 Å². The van der Waals surface area contributed by atoms with E-state index in [2.05, 4.69) is 15.8 Å². The molecule has 0 unspecified atom stereocenters. The maximum atomic E-state index is 12.6. The van der Waals surface area contributed by atoms with Crippen LogP contribution in [0.25, 0.3) is 0 Å². The van der Waals surface area contributed by atoms with Gasteiger partial charge >= 0.3 is 0 Å². The summed E-state index contributed by atoms with van der Waals surface area (Å²) in [5.41, 5.74) is 4.04. The molecular weight excluding hydrogens is 473 g/mol. The molecule has 0 spiro atoms. The maximum absolute atomic E-state index is 12.6. The number of nitrogens with zero attached hydrogens (tertiary/aromatic N) is 1. The third-order valence-electron chi connectivity index (χ3n) is 4.43. The molecule has 1 saturated heterocycles. The van der Waals surface area contributed by atoms with Crippen LogP contribution in [0.15, 0.2) is 47.6 Å². The molecule has 146 valence electrons. The summed E-state index contributed by atoms with van der Waals surface area (Å²) >= 11 is 1.99. The monoisotopic (exact) mass is 493 g/mol. The Balaban J connectivity index is 1.72. The molecule has 0 radical (unpaired) electrons. The molecule has 0 aliphatic carbocycles. The summed E-state index contributed by atoms with van der Waals surface area (Å²) < 4.78 is 5.99. The minimum Gasteiger partial charge on any atom is -0.504 e. The first-order chi connectivity index (χ1) is 13.5.